The molecule has 1 atom stereocenters. The van der Waals surface area contributed by atoms with E-state index >= 15 is 0 Å². The van der Waals surface area contributed by atoms with Crippen LogP contribution in [-0.4, -0.2) is 16.3 Å². The number of nitrogens with zero attached hydrogens (tertiary/aromatic N) is 2. The number of aryl methyl sites for hydroxylation is 2. The van der Waals surface area contributed by atoms with E-state index in [1.54, 1.807) is 0 Å². The van der Waals surface area contributed by atoms with Crippen LogP contribution in [0.15, 0.2) is 30.3 Å². The first kappa shape index (κ1) is 13.8. The third-order valence-electron chi connectivity index (χ3n) is 3.59. The molecule has 0 spiro atoms. The van der Waals surface area contributed by atoms with Gasteiger partial charge in [0.1, 0.15) is 0 Å². The number of hydrogen-bond acceptors (Lipinski definition) is 2. The number of benzene rings is 1. The summed E-state index contributed by atoms with van der Waals surface area (Å²) >= 11 is 0. The molecule has 0 aliphatic heterocycles. The van der Waals surface area contributed by atoms with Crippen molar-refractivity contribution in [1.82, 2.24) is 15.1 Å². The van der Waals surface area contributed by atoms with Gasteiger partial charge in [0.2, 0.25) is 0 Å². The second-order valence-corrected chi connectivity index (χ2v) is 5.01. The second kappa shape index (κ2) is 6.02. The molecule has 0 fully saturated rings. The Kier molecular flexibility index (Phi) is 4.38. The summed E-state index contributed by atoms with van der Waals surface area (Å²) in [6.45, 7) is 7.43. The van der Waals surface area contributed by atoms with Gasteiger partial charge in [-0.05, 0) is 32.4 Å². The van der Waals surface area contributed by atoms with Gasteiger partial charge >= 0.3 is 0 Å². The highest BCUT2D eigenvalue weighted by molar-refractivity contribution is 5.37. The molecule has 2 rings (SSSR count). The Morgan fingerprint density at radius 3 is 2.42 bits per heavy atom. The predicted octanol–water partition coefficient (Wildman–Crippen LogP) is 3.13. The zero-order valence-corrected chi connectivity index (χ0v) is 12.3. The summed E-state index contributed by atoms with van der Waals surface area (Å²) in [6.07, 6.45) is 1.13. The van der Waals surface area contributed by atoms with Crippen LogP contribution in [0.2, 0.25) is 0 Å². The van der Waals surface area contributed by atoms with Crippen molar-refractivity contribution >= 4 is 0 Å². The quantitative estimate of drug-likeness (QED) is 0.892. The molecule has 0 aliphatic carbocycles. The van der Waals surface area contributed by atoms with Crippen molar-refractivity contribution in [2.24, 2.45) is 7.05 Å². The zero-order chi connectivity index (χ0) is 13.8. The van der Waals surface area contributed by atoms with Crippen LogP contribution >= 0.6 is 0 Å². The molecule has 1 unspecified atom stereocenters. The molecule has 3 nitrogen and oxygen atoms in total. The Bertz CT molecular complexity index is 528. The molecular weight excluding hydrogens is 234 g/mol. The number of aromatic nitrogens is 2. The fourth-order valence-corrected chi connectivity index (χ4v) is 2.53. The number of hydrogen-bond donors (Lipinski definition) is 1. The van der Waals surface area contributed by atoms with Gasteiger partial charge in [0, 0.05) is 18.3 Å². The molecule has 1 N–H and O–H groups in total. The van der Waals surface area contributed by atoms with E-state index in [-0.39, 0.29) is 6.04 Å². The van der Waals surface area contributed by atoms with Crippen LogP contribution in [0, 0.1) is 13.8 Å². The second-order valence-electron chi connectivity index (χ2n) is 5.01. The fraction of sp³-hybridized carbons (Fsp3) is 0.438. The van der Waals surface area contributed by atoms with Gasteiger partial charge in [0.05, 0.1) is 11.7 Å². The molecule has 1 heterocycles. The van der Waals surface area contributed by atoms with E-state index in [0.717, 1.165) is 18.7 Å². The molecule has 0 amide bonds. The Balaban J connectivity index is 2.43. The minimum atomic E-state index is 0.231. The van der Waals surface area contributed by atoms with E-state index in [1.807, 2.05) is 11.7 Å². The lowest BCUT2D eigenvalue weighted by atomic mass is 9.97. The predicted molar refractivity (Wildman–Crippen MR) is 79.3 cm³/mol. The maximum absolute atomic E-state index is 4.54. The first-order valence-corrected chi connectivity index (χ1v) is 6.93. The topological polar surface area (TPSA) is 29.9 Å². The van der Waals surface area contributed by atoms with Crippen molar-refractivity contribution in [2.75, 3.05) is 6.54 Å². The van der Waals surface area contributed by atoms with Crippen molar-refractivity contribution in [3.05, 3.63) is 52.8 Å². The third-order valence-corrected chi connectivity index (χ3v) is 3.59. The van der Waals surface area contributed by atoms with Crippen molar-refractivity contribution in [1.29, 1.82) is 0 Å². The Labute approximate surface area is 115 Å². The maximum Gasteiger partial charge on any atom is 0.0647 e. The summed E-state index contributed by atoms with van der Waals surface area (Å²) in [5, 5.41) is 8.19. The van der Waals surface area contributed by atoms with Gasteiger partial charge in [-0.2, -0.15) is 5.10 Å². The Morgan fingerprint density at radius 1 is 1.21 bits per heavy atom. The van der Waals surface area contributed by atoms with Crippen LogP contribution in [0.4, 0.5) is 0 Å². The van der Waals surface area contributed by atoms with Crippen LogP contribution in [0.3, 0.4) is 0 Å². The van der Waals surface area contributed by atoms with Crippen LogP contribution < -0.4 is 5.32 Å². The lowest BCUT2D eigenvalue weighted by Gasteiger charge is -2.20. The molecular formula is C16H23N3. The minimum Gasteiger partial charge on any atom is -0.306 e. The maximum atomic E-state index is 4.54. The molecule has 102 valence electrons. The average molecular weight is 257 g/mol. The van der Waals surface area contributed by atoms with Gasteiger partial charge in [0.25, 0.3) is 0 Å². The summed E-state index contributed by atoms with van der Waals surface area (Å²) in [5.74, 6) is 0. The normalized spacial score (nSPS) is 12.6. The van der Waals surface area contributed by atoms with Crippen molar-refractivity contribution in [3.8, 4) is 0 Å². The SMILES string of the molecule is CCCNC(c1ccccc1)c1c(C)nn(C)c1C. The monoisotopic (exact) mass is 257 g/mol. The molecule has 0 saturated heterocycles. The number of nitrogens with one attached hydrogen (secondary N) is 1. The highest BCUT2D eigenvalue weighted by atomic mass is 15.3. The lowest BCUT2D eigenvalue weighted by molar-refractivity contribution is 0.593. The highest BCUT2D eigenvalue weighted by Gasteiger charge is 2.20. The Morgan fingerprint density at radius 2 is 1.89 bits per heavy atom. The standard InChI is InChI=1S/C16H23N3/c1-5-11-17-16(14-9-7-6-8-10-14)15-12(2)18-19(4)13(15)3/h6-10,16-17H,5,11H2,1-4H3. The zero-order valence-electron chi connectivity index (χ0n) is 12.3. The summed E-state index contributed by atoms with van der Waals surface area (Å²) < 4.78 is 1.97. The van der Waals surface area contributed by atoms with Gasteiger partial charge in [-0.15, -0.1) is 0 Å². The molecule has 3 heteroatoms. The van der Waals surface area contributed by atoms with Gasteiger partial charge in [-0.25, -0.2) is 0 Å². The van der Waals surface area contributed by atoms with Crippen molar-refractivity contribution < 1.29 is 0 Å². The molecule has 1 aromatic heterocycles. The summed E-state index contributed by atoms with van der Waals surface area (Å²) in [7, 11) is 2.01. The van der Waals surface area contributed by atoms with E-state index in [2.05, 4.69) is 61.5 Å². The van der Waals surface area contributed by atoms with E-state index in [0.29, 0.717) is 0 Å². The number of rotatable bonds is 5. The van der Waals surface area contributed by atoms with Crippen molar-refractivity contribution in [3.63, 3.8) is 0 Å². The molecule has 19 heavy (non-hydrogen) atoms. The largest absolute Gasteiger partial charge is 0.306 e. The summed E-state index contributed by atoms with van der Waals surface area (Å²) in [4.78, 5) is 0. The molecule has 0 radical (unpaired) electrons. The molecule has 0 saturated carbocycles. The van der Waals surface area contributed by atoms with E-state index in [1.165, 1.54) is 16.8 Å². The van der Waals surface area contributed by atoms with Gasteiger partial charge in [0.15, 0.2) is 0 Å². The van der Waals surface area contributed by atoms with Gasteiger partial charge in [-0.3, -0.25) is 4.68 Å². The van der Waals surface area contributed by atoms with Crippen LogP contribution in [-0.2, 0) is 7.05 Å². The van der Waals surface area contributed by atoms with E-state index < -0.39 is 0 Å². The van der Waals surface area contributed by atoms with Crippen molar-refractivity contribution in [2.45, 2.75) is 33.2 Å². The Hall–Kier alpha value is -1.61. The molecule has 0 bridgehead atoms. The van der Waals surface area contributed by atoms with E-state index in [4.69, 9.17) is 0 Å². The average Bonchev–Trinajstić information content (AvgIpc) is 2.67. The molecule has 2 aromatic rings. The first-order chi connectivity index (χ1) is 9.15. The minimum absolute atomic E-state index is 0.231. The fourth-order valence-electron chi connectivity index (χ4n) is 2.53. The highest BCUT2D eigenvalue weighted by Crippen LogP contribution is 2.27. The summed E-state index contributed by atoms with van der Waals surface area (Å²) in [6, 6.07) is 10.8. The third kappa shape index (κ3) is 2.87. The van der Waals surface area contributed by atoms with Gasteiger partial charge in [-0.1, -0.05) is 37.3 Å². The van der Waals surface area contributed by atoms with Crippen LogP contribution in [0.1, 0.15) is 41.9 Å². The van der Waals surface area contributed by atoms with Gasteiger partial charge < -0.3 is 5.32 Å². The van der Waals surface area contributed by atoms with Crippen LogP contribution in [0.5, 0.6) is 0 Å². The lowest BCUT2D eigenvalue weighted by Crippen LogP contribution is -2.24. The first-order valence-electron chi connectivity index (χ1n) is 6.93. The van der Waals surface area contributed by atoms with E-state index in [9.17, 15) is 0 Å². The molecule has 1 aromatic carbocycles. The van der Waals surface area contributed by atoms with Crippen LogP contribution in [0.25, 0.3) is 0 Å². The summed E-state index contributed by atoms with van der Waals surface area (Å²) in [5.41, 5.74) is 4.95. The smallest absolute Gasteiger partial charge is 0.0647 e. The molecule has 0 aliphatic rings.